The van der Waals surface area contributed by atoms with Crippen molar-refractivity contribution in [1.29, 1.82) is 0 Å². The summed E-state index contributed by atoms with van der Waals surface area (Å²) in [6.07, 6.45) is 4.43. The lowest BCUT2D eigenvalue weighted by Gasteiger charge is -2.29. The molecule has 148 valence electrons. The fourth-order valence-electron chi connectivity index (χ4n) is 3.32. The number of pyridine rings is 1. The summed E-state index contributed by atoms with van der Waals surface area (Å²) in [6.45, 7) is 6.56. The summed E-state index contributed by atoms with van der Waals surface area (Å²) >= 11 is 1.57. The second kappa shape index (κ2) is 9.21. The zero-order chi connectivity index (χ0) is 19.4. The Kier molecular flexibility index (Phi) is 6.94. The summed E-state index contributed by atoms with van der Waals surface area (Å²) in [7, 11) is -0.935. The molecular weight excluding hydrogens is 383 g/mol. The molecule has 1 atom stereocenters. The van der Waals surface area contributed by atoms with Crippen LogP contribution in [0, 0.1) is 18.8 Å². The van der Waals surface area contributed by atoms with Gasteiger partial charge >= 0.3 is 0 Å². The monoisotopic (exact) mass is 410 g/mol. The van der Waals surface area contributed by atoms with E-state index < -0.39 is 16.9 Å². The minimum absolute atomic E-state index is 0.155. The molecule has 2 N–H and O–H groups in total. The maximum atomic E-state index is 13.2. The Morgan fingerprint density at radius 1 is 1.26 bits per heavy atom. The minimum Gasteiger partial charge on any atom is -0.359 e. The van der Waals surface area contributed by atoms with Crippen molar-refractivity contribution in [2.75, 3.05) is 11.9 Å². The summed E-state index contributed by atoms with van der Waals surface area (Å²) < 4.78 is 28.1. The van der Waals surface area contributed by atoms with Crippen LogP contribution in [0.2, 0.25) is 0 Å². The van der Waals surface area contributed by atoms with Gasteiger partial charge in [-0.25, -0.2) is 18.9 Å². The highest BCUT2D eigenvalue weighted by Gasteiger charge is 2.22. The number of thiazole rings is 1. The fourth-order valence-corrected chi connectivity index (χ4v) is 4.84. The number of nitrogens with zero attached hydrogens (tertiary/aromatic N) is 2. The molecule has 0 saturated heterocycles. The first-order valence-corrected chi connectivity index (χ1v) is 11.5. The molecule has 1 aliphatic carbocycles. The van der Waals surface area contributed by atoms with Crippen LogP contribution in [0.3, 0.4) is 0 Å². The van der Waals surface area contributed by atoms with E-state index in [4.69, 9.17) is 0 Å². The Morgan fingerprint density at radius 3 is 2.67 bits per heavy atom. The number of hydrogen-bond donors (Lipinski definition) is 2. The van der Waals surface area contributed by atoms with Crippen molar-refractivity contribution in [3.63, 3.8) is 0 Å². The summed E-state index contributed by atoms with van der Waals surface area (Å²) in [4.78, 5) is 8.53. The van der Waals surface area contributed by atoms with Crippen LogP contribution in [0.1, 0.15) is 45.2 Å². The van der Waals surface area contributed by atoms with Crippen LogP contribution >= 0.6 is 11.3 Å². The molecule has 27 heavy (non-hydrogen) atoms. The van der Waals surface area contributed by atoms with E-state index in [1.807, 2.05) is 19.2 Å². The topological polar surface area (TPSA) is 66.9 Å². The molecule has 3 rings (SSSR count). The van der Waals surface area contributed by atoms with Gasteiger partial charge in [0.25, 0.3) is 0 Å². The smallest absolute Gasteiger partial charge is 0.213 e. The number of hydrogen-bond acceptors (Lipinski definition) is 5. The molecule has 0 spiro atoms. The van der Waals surface area contributed by atoms with Gasteiger partial charge in [-0.05, 0) is 64.5 Å². The molecule has 0 aromatic carbocycles. The van der Waals surface area contributed by atoms with Crippen molar-refractivity contribution in [3.8, 4) is 11.3 Å². The maximum Gasteiger partial charge on any atom is 0.213 e. The van der Waals surface area contributed by atoms with Crippen LogP contribution in [0.4, 0.5) is 9.52 Å². The molecule has 1 saturated carbocycles. The van der Waals surface area contributed by atoms with Crippen molar-refractivity contribution in [2.45, 2.75) is 57.7 Å². The van der Waals surface area contributed by atoms with Crippen molar-refractivity contribution < 1.29 is 8.60 Å². The average Bonchev–Trinajstić information content (AvgIpc) is 3.09. The molecule has 8 heteroatoms. The highest BCUT2D eigenvalue weighted by Crippen LogP contribution is 2.30. The number of anilines is 1. The predicted octanol–water partition coefficient (Wildman–Crippen LogP) is 4.29. The van der Waals surface area contributed by atoms with Crippen LogP contribution in [-0.2, 0) is 11.0 Å². The molecule has 1 aliphatic rings. The molecule has 2 heterocycles. The summed E-state index contributed by atoms with van der Waals surface area (Å²) in [6, 6.07) is 3.52. The quantitative estimate of drug-likeness (QED) is 0.669. The number of nitrogens with one attached hydrogen (secondary N) is 2. The molecule has 5 nitrogen and oxygen atoms in total. The Bertz CT molecular complexity index is 788. The first kappa shape index (κ1) is 20.4. The lowest BCUT2D eigenvalue weighted by Crippen LogP contribution is -2.33. The molecule has 0 bridgehead atoms. The zero-order valence-electron chi connectivity index (χ0n) is 16.0. The normalized spacial score (nSPS) is 21.4. The SMILES string of the molecule is Cc1nc(F)ccc1-c1csc(NC2CCC(CNS(=O)C(C)C)CC2)n1. The molecule has 0 radical (unpaired) electrons. The highest BCUT2D eigenvalue weighted by atomic mass is 32.2. The van der Waals surface area contributed by atoms with Crippen molar-refractivity contribution in [1.82, 2.24) is 14.7 Å². The Labute approximate surface area is 166 Å². The van der Waals surface area contributed by atoms with Crippen LogP contribution in [-0.4, -0.2) is 32.0 Å². The van der Waals surface area contributed by atoms with Crippen molar-refractivity contribution in [2.24, 2.45) is 5.92 Å². The van der Waals surface area contributed by atoms with Gasteiger partial charge in [0.1, 0.15) is 0 Å². The summed E-state index contributed by atoms with van der Waals surface area (Å²) in [5.41, 5.74) is 2.36. The van der Waals surface area contributed by atoms with E-state index >= 15 is 0 Å². The standard InChI is InChI=1S/C19H27FN4OS2/c1-12(2)27(25)21-10-14-4-6-15(7-5-14)23-19-24-17(11-26-19)16-8-9-18(20)22-13(16)3/h8-9,11-12,14-15,21H,4-7,10H2,1-3H3,(H,23,24). The van der Waals surface area contributed by atoms with Crippen LogP contribution in [0.15, 0.2) is 17.5 Å². The van der Waals surface area contributed by atoms with Gasteiger partial charge < -0.3 is 5.32 Å². The van der Waals surface area contributed by atoms with E-state index in [1.165, 1.54) is 6.07 Å². The van der Waals surface area contributed by atoms with Gasteiger partial charge in [-0.3, -0.25) is 0 Å². The highest BCUT2D eigenvalue weighted by molar-refractivity contribution is 7.83. The van der Waals surface area contributed by atoms with Gasteiger partial charge in [0.15, 0.2) is 5.13 Å². The van der Waals surface area contributed by atoms with Crippen LogP contribution < -0.4 is 10.0 Å². The molecule has 0 aliphatic heterocycles. The van der Waals surface area contributed by atoms with Gasteiger partial charge in [0.05, 0.1) is 16.7 Å². The summed E-state index contributed by atoms with van der Waals surface area (Å²) in [5, 5.41) is 6.58. The van der Waals surface area contributed by atoms with E-state index in [0.29, 0.717) is 17.7 Å². The summed E-state index contributed by atoms with van der Waals surface area (Å²) in [5.74, 6) is 0.124. The number of aryl methyl sites for hydroxylation is 1. The van der Waals surface area contributed by atoms with E-state index in [2.05, 4.69) is 20.0 Å². The van der Waals surface area contributed by atoms with Gasteiger partial charge in [-0.2, -0.15) is 4.39 Å². The molecule has 1 fully saturated rings. The predicted molar refractivity (Wildman–Crippen MR) is 111 cm³/mol. The van der Waals surface area contributed by atoms with Crippen molar-refractivity contribution in [3.05, 3.63) is 29.2 Å². The minimum atomic E-state index is -0.935. The third-order valence-electron chi connectivity index (χ3n) is 4.95. The third-order valence-corrected chi connectivity index (χ3v) is 7.03. The second-order valence-electron chi connectivity index (χ2n) is 7.36. The van der Waals surface area contributed by atoms with Gasteiger partial charge in [0, 0.05) is 34.5 Å². The molecule has 1 unspecified atom stereocenters. The fraction of sp³-hybridized carbons (Fsp3) is 0.579. The lowest BCUT2D eigenvalue weighted by atomic mass is 9.86. The van der Waals surface area contributed by atoms with E-state index in [0.717, 1.165) is 48.6 Å². The Morgan fingerprint density at radius 2 is 2.00 bits per heavy atom. The maximum absolute atomic E-state index is 13.2. The number of aromatic nitrogens is 2. The molecule has 2 aromatic rings. The van der Waals surface area contributed by atoms with Crippen LogP contribution in [0.25, 0.3) is 11.3 Å². The van der Waals surface area contributed by atoms with Gasteiger partial charge in [0.2, 0.25) is 5.95 Å². The molecule has 2 aromatic heterocycles. The molecule has 0 amide bonds. The van der Waals surface area contributed by atoms with Gasteiger partial charge in [-0.1, -0.05) is 0 Å². The first-order chi connectivity index (χ1) is 12.9. The van der Waals surface area contributed by atoms with E-state index in [-0.39, 0.29) is 5.25 Å². The second-order valence-corrected chi connectivity index (χ2v) is 10.0. The van der Waals surface area contributed by atoms with Crippen LogP contribution in [0.5, 0.6) is 0 Å². The van der Waals surface area contributed by atoms with Gasteiger partial charge in [-0.15, -0.1) is 11.3 Å². The Hall–Kier alpha value is -1.38. The van der Waals surface area contributed by atoms with E-state index in [1.54, 1.807) is 24.3 Å². The first-order valence-electron chi connectivity index (χ1n) is 9.42. The number of halogens is 1. The largest absolute Gasteiger partial charge is 0.359 e. The van der Waals surface area contributed by atoms with E-state index in [9.17, 15) is 8.60 Å². The Balaban J connectivity index is 1.50. The van der Waals surface area contributed by atoms with Crippen molar-refractivity contribution >= 4 is 27.5 Å². The average molecular weight is 411 g/mol. The third kappa shape index (κ3) is 5.56. The zero-order valence-corrected chi connectivity index (χ0v) is 17.6. The number of rotatable bonds is 7. The lowest BCUT2D eigenvalue weighted by molar-refractivity contribution is 0.338. The molecular formula is C19H27FN4OS2.